The number of carboxylic acid groups (broad SMARTS) is 2. The predicted molar refractivity (Wildman–Crippen MR) is 165 cm³/mol. The van der Waals surface area contributed by atoms with Crippen molar-refractivity contribution in [2.75, 3.05) is 0 Å². The number of carbonyl (C=O) groups is 2. The van der Waals surface area contributed by atoms with E-state index in [2.05, 4.69) is 54.5 Å². The lowest BCUT2D eigenvalue weighted by Crippen LogP contribution is -2.68. The van der Waals surface area contributed by atoms with Gasteiger partial charge in [0, 0.05) is 5.41 Å². The maximum Gasteiger partial charge on any atom is 0.335 e. The number of benzene rings is 1. The van der Waals surface area contributed by atoms with Gasteiger partial charge >= 0.3 is 11.9 Å². The molecular weight excluding hydrogens is 524 g/mol. The topological polar surface area (TPSA) is 94.8 Å². The fourth-order valence-corrected chi connectivity index (χ4v) is 12.6. The van der Waals surface area contributed by atoms with Crippen molar-refractivity contribution in [1.82, 2.24) is 0 Å². The Kier molecular flexibility index (Phi) is 6.71. The highest BCUT2D eigenvalue weighted by atomic mass is 16.4. The lowest BCUT2D eigenvalue weighted by atomic mass is 9.32. The number of aliphatic carboxylic acids is 1. The third kappa shape index (κ3) is 3.64. The van der Waals surface area contributed by atoms with E-state index < -0.39 is 23.5 Å². The van der Waals surface area contributed by atoms with E-state index in [-0.39, 0.29) is 39.1 Å². The zero-order chi connectivity index (χ0) is 30.6. The Morgan fingerprint density at radius 2 is 1.48 bits per heavy atom. The van der Waals surface area contributed by atoms with Gasteiger partial charge in [0.2, 0.25) is 0 Å². The van der Waals surface area contributed by atoms with Crippen molar-refractivity contribution in [2.24, 2.45) is 62.6 Å². The molecule has 0 radical (unpaired) electrons. The van der Waals surface area contributed by atoms with E-state index in [0.29, 0.717) is 23.7 Å². The Hall–Kier alpha value is -2.14. The molecule has 1 aromatic carbocycles. The third-order valence-electron chi connectivity index (χ3n) is 14.9. The SMILES string of the molecule is CC(C)[C@@H]1CC[C@]2(C(=O)O)CC[C@]3(C)[C@H](CC[C@@H]4[C@@]5(C)[C@H](O)C=C(c6ccc(C(=O)O)cc6)C(C)(C)[C@@H]5CC[C@]43C)[C@@H]12. The number of rotatable bonds is 4. The van der Waals surface area contributed by atoms with Gasteiger partial charge in [-0.3, -0.25) is 4.79 Å². The summed E-state index contributed by atoms with van der Waals surface area (Å²) in [5.41, 5.74) is 1.43. The summed E-state index contributed by atoms with van der Waals surface area (Å²) in [5.74, 6) is 0.760. The molecule has 5 aliphatic carbocycles. The van der Waals surface area contributed by atoms with Crippen LogP contribution < -0.4 is 0 Å². The summed E-state index contributed by atoms with van der Waals surface area (Å²) in [5, 5.41) is 32.2. The van der Waals surface area contributed by atoms with Crippen molar-refractivity contribution in [2.45, 2.75) is 106 Å². The minimum atomic E-state index is -0.928. The van der Waals surface area contributed by atoms with Crippen molar-refractivity contribution in [3.63, 3.8) is 0 Å². The van der Waals surface area contributed by atoms with Crippen LogP contribution in [0.3, 0.4) is 0 Å². The Balaban J connectivity index is 1.40. The first kappa shape index (κ1) is 29.9. The van der Waals surface area contributed by atoms with Crippen LogP contribution in [0.1, 0.15) is 116 Å². The van der Waals surface area contributed by atoms with E-state index in [4.69, 9.17) is 0 Å². The van der Waals surface area contributed by atoms with Crippen LogP contribution in [0, 0.1) is 62.6 Å². The normalized spacial score (nSPS) is 45.7. The molecule has 230 valence electrons. The maximum atomic E-state index is 13.0. The van der Waals surface area contributed by atoms with Crippen LogP contribution in [0.15, 0.2) is 30.3 Å². The fraction of sp³-hybridized carbons (Fsp3) is 0.730. The van der Waals surface area contributed by atoms with Gasteiger partial charge in [-0.05, 0) is 126 Å². The molecule has 4 fully saturated rings. The molecule has 0 aromatic heterocycles. The summed E-state index contributed by atoms with van der Waals surface area (Å²) < 4.78 is 0. The number of fused-ring (bicyclic) bond motifs is 7. The van der Waals surface area contributed by atoms with Gasteiger partial charge in [0.05, 0.1) is 17.1 Å². The quantitative estimate of drug-likeness (QED) is 0.336. The van der Waals surface area contributed by atoms with Gasteiger partial charge in [0.15, 0.2) is 0 Å². The Labute approximate surface area is 252 Å². The molecule has 0 bridgehead atoms. The third-order valence-corrected chi connectivity index (χ3v) is 14.9. The van der Waals surface area contributed by atoms with Crippen molar-refractivity contribution in [1.29, 1.82) is 0 Å². The molecule has 0 amide bonds. The van der Waals surface area contributed by atoms with Gasteiger partial charge in [-0.1, -0.05) is 66.7 Å². The molecule has 0 unspecified atom stereocenters. The van der Waals surface area contributed by atoms with Crippen molar-refractivity contribution >= 4 is 17.5 Å². The second-order valence-electron chi connectivity index (χ2n) is 16.6. The summed E-state index contributed by atoms with van der Waals surface area (Å²) >= 11 is 0. The minimum Gasteiger partial charge on any atom is -0.481 e. The number of hydrogen-bond donors (Lipinski definition) is 3. The predicted octanol–water partition coefficient (Wildman–Crippen LogP) is 8.17. The highest BCUT2D eigenvalue weighted by Crippen LogP contribution is 2.77. The zero-order valence-corrected chi connectivity index (χ0v) is 26.7. The Bertz CT molecular complexity index is 1310. The van der Waals surface area contributed by atoms with Crippen LogP contribution in [-0.2, 0) is 4.79 Å². The number of hydrogen-bond acceptors (Lipinski definition) is 3. The van der Waals surface area contributed by atoms with Gasteiger partial charge in [0.1, 0.15) is 0 Å². The van der Waals surface area contributed by atoms with Crippen molar-refractivity contribution in [3.05, 3.63) is 41.5 Å². The molecule has 1 aromatic rings. The number of carboxylic acids is 2. The summed E-state index contributed by atoms with van der Waals surface area (Å²) in [7, 11) is 0. The molecular formula is C37H52O5. The first-order valence-electron chi connectivity index (χ1n) is 16.5. The highest BCUT2D eigenvalue weighted by molar-refractivity contribution is 5.88. The van der Waals surface area contributed by atoms with E-state index in [1.165, 1.54) is 0 Å². The van der Waals surface area contributed by atoms with Gasteiger partial charge in [-0.25, -0.2) is 4.79 Å². The smallest absolute Gasteiger partial charge is 0.335 e. The molecule has 10 atom stereocenters. The Morgan fingerprint density at radius 1 is 0.810 bits per heavy atom. The lowest BCUT2D eigenvalue weighted by Gasteiger charge is -2.72. The van der Waals surface area contributed by atoms with Crippen molar-refractivity contribution in [3.8, 4) is 0 Å². The number of aromatic carboxylic acids is 1. The molecule has 0 heterocycles. The second-order valence-corrected chi connectivity index (χ2v) is 16.6. The van der Waals surface area contributed by atoms with E-state index >= 15 is 0 Å². The first-order chi connectivity index (χ1) is 19.6. The molecule has 6 rings (SSSR count). The monoisotopic (exact) mass is 576 g/mol. The molecule has 0 saturated heterocycles. The van der Waals surface area contributed by atoms with Gasteiger partial charge in [-0.15, -0.1) is 0 Å². The molecule has 0 spiro atoms. The molecule has 4 saturated carbocycles. The minimum absolute atomic E-state index is 0.0293. The fourth-order valence-electron chi connectivity index (χ4n) is 12.6. The average molecular weight is 577 g/mol. The van der Waals surface area contributed by atoms with Crippen LogP contribution in [0.2, 0.25) is 0 Å². The highest BCUT2D eigenvalue weighted by Gasteiger charge is 2.72. The standard InChI is InChI=1S/C37H52O5/c1-21(2)24-14-17-37(32(41)42)19-18-34(5)25(30(24)37)12-13-28-35(34,6)16-15-27-33(3,4)26(20-29(38)36(27,28)7)22-8-10-23(11-9-22)31(39)40/h8-11,20-21,24-25,27-30,38H,12-19H2,1-7H3,(H,39,40)(H,41,42)/t24-,25+,27-,28-,29+,30+,34+,35+,36-,37-/m0/s1. The summed E-state index contributed by atoms with van der Waals surface area (Å²) in [6, 6.07) is 7.13. The van der Waals surface area contributed by atoms with Crippen LogP contribution in [0.25, 0.3) is 5.57 Å². The van der Waals surface area contributed by atoms with Crippen LogP contribution in [0.4, 0.5) is 0 Å². The first-order valence-corrected chi connectivity index (χ1v) is 16.5. The second kappa shape index (κ2) is 9.43. The van der Waals surface area contributed by atoms with E-state index in [1.807, 2.05) is 12.1 Å². The van der Waals surface area contributed by atoms with Gasteiger partial charge in [0.25, 0.3) is 0 Å². The van der Waals surface area contributed by atoms with Gasteiger partial charge in [-0.2, -0.15) is 0 Å². The number of aliphatic hydroxyl groups excluding tert-OH is 1. The molecule has 42 heavy (non-hydrogen) atoms. The van der Waals surface area contributed by atoms with E-state index in [1.54, 1.807) is 12.1 Å². The number of aliphatic hydroxyl groups is 1. The summed E-state index contributed by atoms with van der Waals surface area (Å²) in [6.07, 6.45) is 9.36. The van der Waals surface area contributed by atoms with Crippen LogP contribution >= 0.6 is 0 Å². The molecule has 5 nitrogen and oxygen atoms in total. The molecule has 5 aliphatic rings. The lowest BCUT2D eigenvalue weighted by molar-refractivity contribution is -0.244. The van der Waals surface area contributed by atoms with E-state index in [9.17, 15) is 24.9 Å². The van der Waals surface area contributed by atoms with Crippen LogP contribution in [0.5, 0.6) is 0 Å². The maximum absolute atomic E-state index is 13.0. The van der Waals surface area contributed by atoms with Gasteiger partial charge < -0.3 is 15.3 Å². The zero-order valence-electron chi connectivity index (χ0n) is 26.7. The molecule has 5 heteroatoms. The Morgan fingerprint density at radius 3 is 2.07 bits per heavy atom. The van der Waals surface area contributed by atoms with Crippen LogP contribution in [-0.4, -0.2) is 33.4 Å². The average Bonchev–Trinajstić information content (AvgIpc) is 3.33. The molecule has 3 N–H and O–H groups in total. The summed E-state index contributed by atoms with van der Waals surface area (Å²) in [4.78, 5) is 24.4. The van der Waals surface area contributed by atoms with Crippen molar-refractivity contribution < 1.29 is 24.9 Å². The van der Waals surface area contributed by atoms with E-state index in [0.717, 1.165) is 62.5 Å². The summed E-state index contributed by atoms with van der Waals surface area (Å²) in [6.45, 7) is 16.6. The largest absolute Gasteiger partial charge is 0.481 e. The molecule has 0 aliphatic heterocycles. The number of allylic oxidation sites excluding steroid dienone is 1.